The number of rotatable bonds is 6. The van der Waals surface area contributed by atoms with Crippen molar-refractivity contribution in [3.05, 3.63) is 0 Å². The van der Waals surface area contributed by atoms with Crippen molar-refractivity contribution in [1.82, 2.24) is 0 Å². The Labute approximate surface area is 195 Å². The van der Waals surface area contributed by atoms with E-state index in [0.29, 0.717) is 0 Å². The maximum Gasteiger partial charge on any atom is 0.456 e. The average Bonchev–Trinajstić information content (AvgIpc) is 2.60. The minimum absolute atomic E-state index is 6.29. The summed E-state index contributed by atoms with van der Waals surface area (Å²) in [6.45, 7) is 0. The van der Waals surface area contributed by atoms with E-state index < -0.39 is 77.9 Å². The van der Waals surface area contributed by atoms with Crippen LogP contribution in [0.4, 0.5) is 105 Å². The zero-order valence-corrected chi connectivity index (χ0v) is 16.7. The van der Waals surface area contributed by atoms with E-state index in [4.69, 9.17) is 10.2 Å². The number of hydrogen-bond acceptors (Lipinski definition) is 2. The second-order valence-electron chi connectivity index (χ2n) is 7.35. The van der Waals surface area contributed by atoms with Crippen molar-refractivity contribution in [3.8, 4) is 0 Å². The average molecular weight is 648 g/mol. The first kappa shape index (κ1) is 37.2. The van der Waals surface area contributed by atoms with E-state index in [1.807, 2.05) is 0 Å². The third-order valence-electron chi connectivity index (χ3n) is 4.96. The van der Waals surface area contributed by atoms with E-state index in [1.165, 1.54) is 0 Å². The fourth-order valence-electron chi connectivity index (χ4n) is 3.00. The number of alkyl halides is 24. The molecular formula is C13H4F24O2. The number of halogens is 24. The molecule has 39 heavy (non-hydrogen) atoms. The molecule has 0 rings (SSSR count). The van der Waals surface area contributed by atoms with Gasteiger partial charge in [0.15, 0.2) is 11.2 Å². The zero-order chi connectivity index (χ0) is 32.7. The molecule has 2 unspecified atom stereocenters. The maximum atomic E-state index is 14.3. The van der Waals surface area contributed by atoms with Gasteiger partial charge in [0, 0.05) is 6.42 Å². The molecular weight excluding hydrogens is 644 g/mol. The molecule has 236 valence electrons. The van der Waals surface area contributed by atoms with E-state index >= 15 is 0 Å². The lowest BCUT2D eigenvalue weighted by molar-refractivity contribution is -0.477. The Balaban J connectivity index is 8.68. The molecule has 2 nitrogen and oxygen atoms in total. The predicted molar refractivity (Wildman–Crippen MR) is 68.4 cm³/mol. The summed E-state index contributed by atoms with van der Waals surface area (Å²) in [7, 11) is 0. The quantitative estimate of drug-likeness (QED) is 0.308. The maximum absolute atomic E-state index is 14.3. The topological polar surface area (TPSA) is 40.5 Å². The molecule has 26 heteroatoms. The first-order valence-electron chi connectivity index (χ1n) is 8.19. The Morgan fingerprint density at radius 3 is 0.538 bits per heavy atom. The second-order valence-corrected chi connectivity index (χ2v) is 7.35. The molecule has 0 radical (unpaired) electrons. The van der Waals surface area contributed by atoms with Crippen LogP contribution in [0.1, 0.15) is 6.42 Å². The van der Waals surface area contributed by atoms with Crippen molar-refractivity contribution in [2.75, 3.05) is 0 Å². The molecule has 0 amide bonds. The van der Waals surface area contributed by atoms with Crippen LogP contribution in [-0.2, 0) is 0 Å². The minimum atomic E-state index is -9.14. The highest BCUT2D eigenvalue weighted by Gasteiger charge is 2.97. The van der Waals surface area contributed by atoms with Crippen LogP contribution in [0.5, 0.6) is 0 Å². The van der Waals surface area contributed by atoms with Gasteiger partial charge in [-0.2, -0.15) is 96.6 Å². The monoisotopic (exact) mass is 648 g/mol. The van der Waals surface area contributed by atoms with E-state index in [9.17, 15) is 105 Å². The molecule has 0 fully saturated rings. The van der Waals surface area contributed by atoms with Gasteiger partial charge in [-0.05, 0) is 0 Å². The Morgan fingerprint density at radius 1 is 0.282 bits per heavy atom. The van der Waals surface area contributed by atoms with E-state index in [1.54, 1.807) is 0 Å². The molecule has 2 N–H and O–H groups in total. The molecule has 0 aromatic heterocycles. The molecule has 0 aromatic rings. The zero-order valence-electron chi connectivity index (χ0n) is 16.7. The Bertz CT molecular complexity index is 781. The first-order chi connectivity index (χ1) is 16.2. The summed E-state index contributed by atoms with van der Waals surface area (Å²) in [6, 6.07) is 0. The summed E-state index contributed by atoms with van der Waals surface area (Å²) in [5.41, 5.74) is -36.0. The lowest BCUT2D eigenvalue weighted by atomic mass is 9.64. The van der Waals surface area contributed by atoms with Gasteiger partial charge in [0.2, 0.25) is 0 Å². The fourth-order valence-corrected chi connectivity index (χ4v) is 3.00. The van der Waals surface area contributed by atoms with Crippen molar-refractivity contribution in [3.63, 3.8) is 0 Å². The van der Waals surface area contributed by atoms with Crippen LogP contribution >= 0.6 is 0 Å². The van der Waals surface area contributed by atoms with Gasteiger partial charge in [-0.15, -0.1) is 0 Å². The van der Waals surface area contributed by atoms with Crippen molar-refractivity contribution in [2.45, 2.75) is 77.9 Å². The first-order valence-corrected chi connectivity index (χ1v) is 8.19. The van der Waals surface area contributed by atoms with Gasteiger partial charge in [0.25, 0.3) is 0 Å². The standard InChI is InChI=1S/C13H4F24O2/c14-4(8(20,21)22,9(23,24)25)2(38,6(16,17)12(32,33)34)1-3(39,7(18,19)13(35,36)37)5(15,10(26,27)28)11(29,30)31/h38-39H,1H2. The molecule has 2 atom stereocenters. The number of aliphatic hydroxyl groups is 2. The summed E-state index contributed by atoms with van der Waals surface area (Å²) in [5, 5.41) is 18.2. The van der Waals surface area contributed by atoms with Crippen molar-refractivity contribution < 1.29 is 116 Å². The molecule has 0 heterocycles. The molecule has 0 aliphatic carbocycles. The third kappa shape index (κ3) is 4.78. The summed E-state index contributed by atoms with van der Waals surface area (Å²) in [5.74, 6) is -17.9. The van der Waals surface area contributed by atoms with E-state index in [-0.39, 0.29) is 0 Å². The van der Waals surface area contributed by atoms with Crippen LogP contribution in [0.25, 0.3) is 0 Å². The number of hydrogen-bond donors (Lipinski definition) is 2. The molecule has 0 saturated carbocycles. The molecule has 0 aliphatic rings. The van der Waals surface area contributed by atoms with Crippen LogP contribution in [0.2, 0.25) is 0 Å². The highest BCUT2D eigenvalue weighted by Crippen LogP contribution is 2.67. The van der Waals surface area contributed by atoms with Crippen molar-refractivity contribution >= 4 is 0 Å². The summed E-state index contributed by atoms with van der Waals surface area (Å²) in [4.78, 5) is 0. The lowest BCUT2D eigenvalue weighted by Crippen LogP contribution is -2.83. The largest absolute Gasteiger partial charge is 0.456 e. The normalized spacial score (nSPS) is 19.5. The minimum Gasteiger partial charge on any atom is -0.379 e. The molecule has 0 saturated heterocycles. The van der Waals surface area contributed by atoms with Crippen LogP contribution in [0.3, 0.4) is 0 Å². The molecule has 0 aliphatic heterocycles. The lowest BCUT2D eigenvalue weighted by Gasteiger charge is -2.53. The van der Waals surface area contributed by atoms with Gasteiger partial charge < -0.3 is 10.2 Å². The molecule has 0 bridgehead atoms. The predicted octanol–water partition coefficient (Wildman–Crippen LogP) is 6.90. The molecule has 0 aromatic carbocycles. The fraction of sp³-hybridized carbons (Fsp3) is 1.00. The highest BCUT2D eigenvalue weighted by atomic mass is 19.5. The van der Waals surface area contributed by atoms with Gasteiger partial charge in [0.05, 0.1) is 0 Å². The van der Waals surface area contributed by atoms with Crippen molar-refractivity contribution in [1.29, 1.82) is 0 Å². The Kier molecular flexibility index (Phi) is 8.47. The highest BCUT2D eigenvalue weighted by molar-refractivity contribution is 5.26. The van der Waals surface area contributed by atoms with E-state index in [0.717, 1.165) is 0 Å². The van der Waals surface area contributed by atoms with Gasteiger partial charge in [-0.1, -0.05) is 0 Å². The van der Waals surface area contributed by atoms with Gasteiger partial charge in [-0.25, -0.2) is 8.78 Å². The summed E-state index contributed by atoms with van der Waals surface area (Å²) >= 11 is 0. The van der Waals surface area contributed by atoms with Crippen molar-refractivity contribution in [2.24, 2.45) is 0 Å². The van der Waals surface area contributed by atoms with Crippen LogP contribution in [-0.4, -0.2) is 81.7 Å². The van der Waals surface area contributed by atoms with Gasteiger partial charge in [0.1, 0.15) is 0 Å². The van der Waals surface area contributed by atoms with Gasteiger partial charge in [-0.3, -0.25) is 0 Å². The smallest absolute Gasteiger partial charge is 0.379 e. The van der Waals surface area contributed by atoms with Crippen LogP contribution in [0.15, 0.2) is 0 Å². The van der Waals surface area contributed by atoms with E-state index in [2.05, 4.69) is 0 Å². The summed E-state index contributed by atoms with van der Waals surface area (Å²) in [6.07, 6.45) is -58.3. The van der Waals surface area contributed by atoms with Gasteiger partial charge >= 0.3 is 60.2 Å². The Hall–Kier alpha value is -1.76. The van der Waals surface area contributed by atoms with Crippen LogP contribution in [0, 0.1) is 0 Å². The van der Waals surface area contributed by atoms with Crippen LogP contribution < -0.4 is 0 Å². The third-order valence-corrected chi connectivity index (χ3v) is 4.96. The second kappa shape index (κ2) is 8.87. The SMILES string of the molecule is OC(CC(O)(C(F)(F)C(F)(F)F)C(F)(C(F)(F)F)C(F)(F)F)(C(F)(F)C(F)(F)F)C(F)(C(F)(F)F)C(F)(F)F. The Morgan fingerprint density at radius 2 is 0.436 bits per heavy atom. The molecule has 0 spiro atoms. The summed E-state index contributed by atoms with van der Waals surface area (Å²) < 4.78 is 315.